The van der Waals surface area contributed by atoms with Gasteiger partial charge in [-0.3, -0.25) is 0 Å². The third kappa shape index (κ3) is 8.01. The summed E-state index contributed by atoms with van der Waals surface area (Å²) in [5.74, 6) is -0.900. The highest BCUT2D eigenvalue weighted by Gasteiger charge is 2.02. The minimum Gasteiger partial charge on any atom is -0.480 e. The van der Waals surface area contributed by atoms with Crippen LogP contribution in [0.25, 0.3) is 0 Å². The van der Waals surface area contributed by atoms with Crippen LogP contribution in [0.1, 0.15) is 26.7 Å². The Morgan fingerprint density at radius 3 is 2.21 bits per heavy atom. The fraction of sp³-hybridized carbons (Fsp3) is 0.900. The summed E-state index contributed by atoms with van der Waals surface area (Å²) in [4.78, 5) is 12.5. The monoisotopic (exact) mass is 203 g/mol. The Morgan fingerprint density at radius 1 is 1.21 bits per heavy atom. The summed E-state index contributed by atoms with van der Waals surface area (Å²) in [7, 11) is 0. The number of rotatable bonds is 9. The lowest BCUT2D eigenvalue weighted by molar-refractivity contribution is -0.142. The molecular formula is C10H21NO3. The molecule has 0 radical (unpaired) electrons. The van der Waals surface area contributed by atoms with E-state index in [1.165, 1.54) is 0 Å². The second-order valence-corrected chi connectivity index (χ2v) is 3.29. The first-order chi connectivity index (χ1) is 6.70. The van der Waals surface area contributed by atoms with Gasteiger partial charge in [-0.05, 0) is 25.9 Å². The topological polar surface area (TPSA) is 49.8 Å². The molecule has 0 aliphatic carbocycles. The van der Waals surface area contributed by atoms with E-state index in [-0.39, 0.29) is 6.61 Å². The highest BCUT2D eigenvalue weighted by atomic mass is 16.5. The number of carboxylic acid groups (broad SMARTS) is 1. The number of carboxylic acids is 1. The molecule has 0 fully saturated rings. The molecule has 0 rings (SSSR count). The SMILES string of the molecule is CCCN(CCC)CCOCC(=O)O. The molecule has 84 valence electrons. The van der Waals surface area contributed by atoms with Crippen molar-refractivity contribution in [2.45, 2.75) is 26.7 Å². The lowest BCUT2D eigenvalue weighted by atomic mass is 10.3. The predicted molar refractivity (Wildman–Crippen MR) is 55.5 cm³/mol. The Kier molecular flexibility index (Phi) is 8.57. The standard InChI is InChI=1S/C10H21NO3/c1-3-5-11(6-4-2)7-8-14-9-10(12)13/h3-9H2,1-2H3,(H,12,13). The quantitative estimate of drug-likeness (QED) is 0.572. The van der Waals surface area contributed by atoms with E-state index in [1.807, 2.05) is 0 Å². The maximum absolute atomic E-state index is 10.2. The minimum absolute atomic E-state index is 0.188. The van der Waals surface area contributed by atoms with E-state index in [1.54, 1.807) is 0 Å². The average molecular weight is 203 g/mol. The molecule has 0 spiro atoms. The van der Waals surface area contributed by atoms with Gasteiger partial charge in [-0.15, -0.1) is 0 Å². The smallest absolute Gasteiger partial charge is 0.329 e. The van der Waals surface area contributed by atoms with Gasteiger partial charge in [-0.2, -0.15) is 0 Å². The number of carbonyl (C=O) groups is 1. The van der Waals surface area contributed by atoms with Gasteiger partial charge in [-0.1, -0.05) is 13.8 Å². The molecule has 0 bridgehead atoms. The summed E-state index contributed by atoms with van der Waals surface area (Å²) in [6.07, 6.45) is 2.25. The number of ether oxygens (including phenoxy) is 1. The molecule has 0 aliphatic heterocycles. The van der Waals surface area contributed by atoms with Crippen molar-refractivity contribution < 1.29 is 14.6 Å². The summed E-state index contributed by atoms with van der Waals surface area (Å²) in [6.45, 7) is 7.55. The van der Waals surface area contributed by atoms with Crippen LogP contribution in [0.4, 0.5) is 0 Å². The first-order valence-electron chi connectivity index (χ1n) is 5.22. The van der Waals surface area contributed by atoms with Gasteiger partial charge in [0.15, 0.2) is 0 Å². The van der Waals surface area contributed by atoms with Gasteiger partial charge >= 0.3 is 5.97 Å². The van der Waals surface area contributed by atoms with Crippen molar-refractivity contribution in [3.05, 3.63) is 0 Å². The largest absolute Gasteiger partial charge is 0.480 e. The van der Waals surface area contributed by atoms with Gasteiger partial charge in [-0.25, -0.2) is 4.79 Å². The molecule has 14 heavy (non-hydrogen) atoms. The third-order valence-corrected chi connectivity index (χ3v) is 1.86. The molecule has 0 heterocycles. The van der Waals surface area contributed by atoms with Crippen LogP contribution in [0.2, 0.25) is 0 Å². The number of nitrogens with zero attached hydrogens (tertiary/aromatic N) is 1. The van der Waals surface area contributed by atoms with Crippen LogP contribution in [0.3, 0.4) is 0 Å². The molecule has 0 amide bonds. The van der Waals surface area contributed by atoms with E-state index >= 15 is 0 Å². The van der Waals surface area contributed by atoms with E-state index in [2.05, 4.69) is 18.7 Å². The van der Waals surface area contributed by atoms with Gasteiger partial charge in [0.1, 0.15) is 6.61 Å². The first-order valence-corrected chi connectivity index (χ1v) is 5.22. The normalized spacial score (nSPS) is 10.8. The molecule has 0 aromatic rings. The maximum Gasteiger partial charge on any atom is 0.329 e. The Bertz CT molecular complexity index is 144. The summed E-state index contributed by atoms with van der Waals surface area (Å²) >= 11 is 0. The summed E-state index contributed by atoms with van der Waals surface area (Å²) < 4.78 is 4.98. The van der Waals surface area contributed by atoms with Gasteiger partial charge in [0.05, 0.1) is 6.61 Å². The Morgan fingerprint density at radius 2 is 1.79 bits per heavy atom. The van der Waals surface area contributed by atoms with Crippen LogP contribution in [-0.4, -0.2) is 48.8 Å². The second-order valence-electron chi connectivity index (χ2n) is 3.29. The highest BCUT2D eigenvalue weighted by molar-refractivity contribution is 5.67. The summed E-state index contributed by atoms with van der Waals surface area (Å²) in [6, 6.07) is 0. The van der Waals surface area contributed by atoms with Gasteiger partial charge < -0.3 is 14.7 Å². The molecule has 4 nitrogen and oxygen atoms in total. The van der Waals surface area contributed by atoms with Gasteiger partial charge in [0.25, 0.3) is 0 Å². The third-order valence-electron chi connectivity index (χ3n) is 1.86. The molecular weight excluding hydrogens is 182 g/mol. The Labute approximate surface area is 85.9 Å². The fourth-order valence-electron chi connectivity index (χ4n) is 1.32. The molecule has 0 atom stereocenters. The molecule has 0 aromatic carbocycles. The van der Waals surface area contributed by atoms with E-state index in [0.717, 1.165) is 32.5 Å². The van der Waals surface area contributed by atoms with Crippen LogP contribution in [0.5, 0.6) is 0 Å². The average Bonchev–Trinajstić information content (AvgIpc) is 2.12. The zero-order chi connectivity index (χ0) is 10.8. The number of aliphatic carboxylic acids is 1. The summed E-state index contributed by atoms with van der Waals surface area (Å²) in [5.41, 5.74) is 0. The molecule has 0 saturated carbocycles. The zero-order valence-electron chi connectivity index (χ0n) is 9.16. The lowest BCUT2D eigenvalue weighted by Gasteiger charge is -2.20. The van der Waals surface area contributed by atoms with Crippen molar-refractivity contribution in [2.75, 3.05) is 32.8 Å². The van der Waals surface area contributed by atoms with Crippen molar-refractivity contribution in [3.8, 4) is 0 Å². The minimum atomic E-state index is -0.900. The maximum atomic E-state index is 10.2. The van der Waals surface area contributed by atoms with Crippen LogP contribution in [-0.2, 0) is 9.53 Å². The molecule has 0 aliphatic rings. The van der Waals surface area contributed by atoms with Crippen molar-refractivity contribution in [3.63, 3.8) is 0 Å². The zero-order valence-corrected chi connectivity index (χ0v) is 9.16. The first kappa shape index (κ1) is 13.4. The van der Waals surface area contributed by atoms with Crippen molar-refractivity contribution in [1.29, 1.82) is 0 Å². The van der Waals surface area contributed by atoms with Crippen molar-refractivity contribution >= 4 is 5.97 Å². The number of hydrogen-bond acceptors (Lipinski definition) is 3. The Balaban J connectivity index is 3.44. The fourth-order valence-corrected chi connectivity index (χ4v) is 1.32. The van der Waals surface area contributed by atoms with E-state index in [9.17, 15) is 4.79 Å². The lowest BCUT2D eigenvalue weighted by Crippen LogP contribution is -2.29. The molecule has 0 unspecified atom stereocenters. The second kappa shape index (κ2) is 8.97. The molecule has 0 aromatic heterocycles. The molecule has 1 N–H and O–H groups in total. The van der Waals surface area contributed by atoms with E-state index in [0.29, 0.717) is 6.61 Å². The van der Waals surface area contributed by atoms with Gasteiger partial charge in [0, 0.05) is 6.54 Å². The van der Waals surface area contributed by atoms with Crippen LogP contribution in [0.15, 0.2) is 0 Å². The van der Waals surface area contributed by atoms with Crippen LogP contribution >= 0.6 is 0 Å². The van der Waals surface area contributed by atoms with E-state index < -0.39 is 5.97 Å². The van der Waals surface area contributed by atoms with Crippen molar-refractivity contribution in [1.82, 2.24) is 4.90 Å². The van der Waals surface area contributed by atoms with Crippen LogP contribution in [0, 0.1) is 0 Å². The van der Waals surface area contributed by atoms with Gasteiger partial charge in [0.2, 0.25) is 0 Å². The molecule has 4 heteroatoms. The van der Waals surface area contributed by atoms with E-state index in [4.69, 9.17) is 9.84 Å². The molecule has 0 saturated heterocycles. The van der Waals surface area contributed by atoms with Crippen LogP contribution < -0.4 is 0 Å². The predicted octanol–water partition coefficient (Wildman–Crippen LogP) is 1.21. The Hall–Kier alpha value is -0.610. The summed E-state index contributed by atoms with van der Waals surface area (Å²) in [5, 5.41) is 8.35. The number of hydrogen-bond donors (Lipinski definition) is 1. The highest BCUT2D eigenvalue weighted by Crippen LogP contribution is 1.93. The van der Waals surface area contributed by atoms with Crippen molar-refractivity contribution in [2.24, 2.45) is 0 Å².